The SMILES string of the molecule is O=C(CN1CCC(CO)C1)c1ccc(Br)s1. The number of hydrogen-bond acceptors (Lipinski definition) is 4. The molecule has 0 radical (unpaired) electrons. The third-order valence-corrected chi connectivity index (χ3v) is 4.51. The van der Waals surface area contributed by atoms with Crippen molar-refractivity contribution in [2.75, 3.05) is 26.2 Å². The van der Waals surface area contributed by atoms with E-state index in [1.54, 1.807) is 0 Å². The largest absolute Gasteiger partial charge is 0.396 e. The molecule has 1 atom stereocenters. The molecule has 0 bridgehead atoms. The van der Waals surface area contributed by atoms with Crippen molar-refractivity contribution in [2.45, 2.75) is 6.42 Å². The molecular formula is C11H14BrNO2S. The highest BCUT2D eigenvalue weighted by Crippen LogP contribution is 2.23. The maximum absolute atomic E-state index is 11.9. The summed E-state index contributed by atoms with van der Waals surface area (Å²) in [6, 6.07) is 3.76. The van der Waals surface area contributed by atoms with Gasteiger partial charge in [0, 0.05) is 13.2 Å². The van der Waals surface area contributed by atoms with E-state index in [0.717, 1.165) is 28.2 Å². The van der Waals surface area contributed by atoms with Gasteiger partial charge in [0.1, 0.15) is 0 Å². The lowest BCUT2D eigenvalue weighted by atomic mass is 10.1. The third-order valence-electron chi connectivity index (χ3n) is 2.84. The van der Waals surface area contributed by atoms with Crippen molar-refractivity contribution in [3.05, 3.63) is 20.8 Å². The van der Waals surface area contributed by atoms with Gasteiger partial charge in [-0.25, -0.2) is 0 Å². The van der Waals surface area contributed by atoms with Gasteiger partial charge in [-0.15, -0.1) is 11.3 Å². The number of thiophene rings is 1. The highest BCUT2D eigenvalue weighted by Gasteiger charge is 2.23. The smallest absolute Gasteiger partial charge is 0.186 e. The normalized spacial score (nSPS) is 21.5. The Balaban J connectivity index is 1.89. The average molecular weight is 304 g/mol. The second-order valence-corrected chi connectivity index (χ2v) is 6.56. The molecule has 1 fully saturated rings. The molecule has 0 spiro atoms. The van der Waals surface area contributed by atoms with Gasteiger partial charge < -0.3 is 5.11 Å². The molecule has 16 heavy (non-hydrogen) atoms. The zero-order valence-corrected chi connectivity index (χ0v) is 11.3. The minimum absolute atomic E-state index is 0.175. The quantitative estimate of drug-likeness (QED) is 0.865. The minimum Gasteiger partial charge on any atom is -0.396 e. The van der Waals surface area contributed by atoms with E-state index in [4.69, 9.17) is 5.11 Å². The van der Waals surface area contributed by atoms with Crippen LogP contribution in [0.4, 0.5) is 0 Å². The van der Waals surface area contributed by atoms with E-state index in [0.29, 0.717) is 12.5 Å². The predicted octanol–water partition coefficient (Wildman–Crippen LogP) is 2.01. The number of Topliss-reactive ketones (excluding diaryl/α,β-unsaturated/α-hetero) is 1. The van der Waals surface area contributed by atoms with Crippen LogP contribution in [0.2, 0.25) is 0 Å². The summed E-state index contributed by atoms with van der Waals surface area (Å²) < 4.78 is 0.991. The van der Waals surface area contributed by atoms with E-state index < -0.39 is 0 Å². The molecular weight excluding hydrogens is 290 g/mol. The number of hydrogen-bond donors (Lipinski definition) is 1. The number of carbonyl (C=O) groups excluding carboxylic acids is 1. The van der Waals surface area contributed by atoms with Crippen LogP contribution in [0, 0.1) is 5.92 Å². The first-order valence-corrected chi connectivity index (χ1v) is 6.91. The number of halogens is 1. The summed E-state index contributed by atoms with van der Waals surface area (Å²) in [6.45, 7) is 2.47. The summed E-state index contributed by atoms with van der Waals surface area (Å²) in [5.74, 6) is 0.525. The molecule has 0 aromatic carbocycles. The standard InChI is InChI=1S/C11H14BrNO2S/c12-11-2-1-10(16-11)9(15)6-13-4-3-8(5-13)7-14/h1-2,8,14H,3-7H2. The summed E-state index contributed by atoms with van der Waals surface area (Å²) in [5.41, 5.74) is 0. The molecule has 2 heterocycles. The molecule has 5 heteroatoms. The fourth-order valence-corrected chi connectivity index (χ4v) is 3.27. The molecule has 88 valence electrons. The van der Waals surface area contributed by atoms with Crippen LogP contribution in [0.3, 0.4) is 0 Å². The van der Waals surface area contributed by atoms with Gasteiger partial charge in [-0.3, -0.25) is 9.69 Å². The Morgan fingerprint density at radius 1 is 1.62 bits per heavy atom. The Morgan fingerprint density at radius 3 is 3.00 bits per heavy atom. The summed E-state index contributed by atoms with van der Waals surface area (Å²) in [6.07, 6.45) is 0.998. The van der Waals surface area contributed by atoms with E-state index in [2.05, 4.69) is 20.8 Å². The van der Waals surface area contributed by atoms with Crippen molar-refractivity contribution in [2.24, 2.45) is 5.92 Å². The van der Waals surface area contributed by atoms with Crippen molar-refractivity contribution in [1.29, 1.82) is 0 Å². The van der Waals surface area contributed by atoms with Crippen LogP contribution in [-0.4, -0.2) is 42.0 Å². The van der Waals surface area contributed by atoms with E-state index in [9.17, 15) is 4.79 Å². The Morgan fingerprint density at radius 2 is 2.44 bits per heavy atom. The Hall–Kier alpha value is -0.230. The first-order chi connectivity index (χ1) is 7.69. The van der Waals surface area contributed by atoms with Gasteiger partial charge in [-0.1, -0.05) is 0 Å². The number of rotatable bonds is 4. The molecule has 1 aliphatic heterocycles. The van der Waals surface area contributed by atoms with Gasteiger partial charge in [0.2, 0.25) is 0 Å². The first-order valence-electron chi connectivity index (χ1n) is 5.31. The third kappa shape index (κ3) is 2.91. The van der Waals surface area contributed by atoms with Crippen LogP contribution in [0.25, 0.3) is 0 Å². The zero-order chi connectivity index (χ0) is 11.5. The molecule has 3 nitrogen and oxygen atoms in total. The lowest BCUT2D eigenvalue weighted by molar-refractivity contribution is 0.0944. The summed E-state index contributed by atoms with van der Waals surface area (Å²) >= 11 is 4.83. The predicted molar refractivity (Wildman–Crippen MR) is 68.0 cm³/mol. The molecule has 0 amide bonds. The Kier molecular flexibility index (Phi) is 4.13. The van der Waals surface area contributed by atoms with Crippen LogP contribution in [-0.2, 0) is 0 Å². The summed E-state index contributed by atoms with van der Waals surface area (Å²) in [5, 5.41) is 9.02. The van der Waals surface area contributed by atoms with Gasteiger partial charge in [-0.2, -0.15) is 0 Å². The fraction of sp³-hybridized carbons (Fsp3) is 0.545. The maximum Gasteiger partial charge on any atom is 0.186 e. The number of likely N-dealkylation sites (tertiary alicyclic amines) is 1. The molecule has 1 aliphatic rings. The second-order valence-electron chi connectivity index (χ2n) is 4.10. The monoisotopic (exact) mass is 303 g/mol. The van der Waals surface area contributed by atoms with Crippen LogP contribution in [0.1, 0.15) is 16.1 Å². The van der Waals surface area contributed by atoms with Crippen molar-refractivity contribution >= 4 is 33.0 Å². The highest BCUT2D eigenvalue weighted by atomic mass is 79.9. The molecule has 1 N–H and O–H groups in total. The van der Waals surface area contributed by atoms with E-state index in [1.165, 1.54) is 11.3 Å². The zero-order valence-electron chi connectivity index (χ0n) is 8.86. The lowest BCUT2D eigenvalue weighted by Gasteiger charge is -2.13. The van der Waals surface area contributed by atoms with Crippen molar-refractivity contribution in [3.8, 4) is 0 Å². The van der Waals surface area contributed by atoms with Crippen molar-refractivity contribution in [3.63, 3.8) is 0 Å². The molecule has 1 unspecified atom stereocenters. The molecule has 0 aliphatic carbocycles. The van der Waals surface area contributed by atoms with Gasteiger partial charge >= 0.3 is 0 Å². The van der Waals surface area contributed by atoms with Gasteiger partial charge in [0.15, 0.2) is 5.78 Å². The molecule has 2 rings (SSSR count). The number of aliphatic hydroxyl groups excluding tert-OH is 1. The Bertz CT molecular complexity index is 380. The molecule has 1 saturated heterocycles. The van der Waals surface area contributed by atoms with Crippen LogP contribution in [0.15, 0.2) is 15.9 Å². The summed E-state index contributed by atoms with van der Waals surface area (Å²) in [4.78, 5) is 14.8. The van der Waals surface area contributed by atoms with Gasteiger partial charge in [0.05, 0.1) is 15.2 Å². The Labute approximate surface area is 107 Å². The van der Waals surface area contributed by atoms with Crippen LogP contribution >= 0.6 is 27.3 Å². The average Bonchev–Trinajstić information content (AvgIpc) is 2.87. The van der Waals surface area contributed by atoms with Gasteiger partial charge in [0.25, 0.3) is 0 Å². The van der Waals surface area contributed by atoms with Crippen molar-refractivity contribution < 1.29 is 9.90 Å². The van der Waals surface area contributed by atoms with Crippen molar-refractivity contribution in [1.82, 2.24) is 4.90 Å². The van der Waals surface area contributed by atoms with E-state index in [-0.39, 0.29) is 12.4 Å². The first kappa shape index (κ1) is 12.2. The molecule has 1 aromatic rings. The fourth-order valence-electron chi connectivity index (χ4n) is 1.95. The van der Waals surface area contributed by atoms with E-state index in [1.807, 2.05) is 12.1 Å². The molecule has 0 saturated carbocycles. The topological polar surface area (TPSA) is 40.5 Å². The number of nitrogens with zero attached hydrogens (tertiary/aromatic N) is 1. The molecule has 1 aromatic heterocycles. The highest BCUT2D eigenvalue weighted by molar-refractivity contribution is 9.11. The minimum atomic E-state index is 0.175. The van der Waals surface area contributed by atoms with E-state index >= 15 is 0 Å². The van der Waals surface area contributed by atoms with Crippen LogP contribution < -0.4 is 0 Å². The number of aliphatic hydroxyl groups is 1. The summed E-state index contributed by atoms with van der Waals surface area (Å²) in [7, 11) is 0. The van der Waals surface area contributed by atoms with Gasteiger partial charge in [-0.05, 0) is 46.9 Å². The second kappa shape index (κ2) is 5.40. The number of carbonyl (C=O) groups is 1. The maximum atomic E-state index is 11.9. The number of ketones is 1. The lowest BCUT2D eigenvalue weighted by Crippen LogP contribution is -2.27. The van der Waals surface area contributed by atoms with Crippen LogP contribution in [0.5, 0.6) is 0 Å².